The molecule has 1 fully saturated rings. The molecule has 0 saturated carbocycles. The minimum absolute atomic E-state index is 0.155. The maximum absolute atomic E-state index is 12.0. The van der Waals surface area contributed by atoms with Gasteiger partial charge in [0, 0.05) is 58.6 Å². The molecule has 2 atom stereocenters. The zero-order chi connectivity index (χ0) is 17.5. The van der Waals surface area contributed by atoms with Crippen LogP contribution in [0.15, 0.2) is 18.3 Å². The van der Waals surface area contributed by atoms with E-state index in [-0.39, 0.29) is 18.2 Å². The Morgan fingerprint density at radius 3 is 2.71 bits per heavy atom. The monoisotopic (exact) mass is 335 g/mol. The summed E-state index contributed by atoms with van der Waals surface area (Å²) in [4.78, 5) is 20.6. The van der Waals surface area contributed by atoms with Crippen LogP contribution in [0.2, 0.25) is 0 Å². The number of urea groups is 1. The molecule has 2 amide bonds. The third kappa shape index (κ3) is 5.65. The van der Waals surface area contributed by atoms with Gasteiger partial charge < -0.3 is 20.3 Å². The molecule has 2 heterocycles. The van der Waals surface area contributed by atoms with E-state index < -0.39 is 0 Å². The third-order valence-corrected chi connectivity index (χ3v) is 3.94. The smallest absolute Gasteiger partial charge is 0.315 e. The fraction of sp³-hybridized carbons (Fsp3) is 0.647. The molecule has 7 nitrogen and oxygen atoms in total. The van der Waals surface area contributed by atoms with Gasteiger partial charge in [-0.1, -0.05) is 6.07 Å². The summed E-state index contributed by atoms with van der Waals surface area (Å²) >= 11 is 0. The summed E-state index contributed by atoms with van der Waals surface area (Å²) in [6, 6.07) is 3.69. The Balaban J connectivity index is 1.70. The van der Waals surface area contributed by atoms with Crippen molar-refractivity contribution < 1.29 is 9.53 Å². The van der Waals surface area contributed by atoms with E-state index >= 15 is 0 Å². The molecule has 0 spiro atoms. The number of hydrogen-bond donors (Lipinski definition) is 2. The van der Waals surface area contributed by atoms with E-state index in [0.29, 0.717) is 13.1 Å². The minimum atomic E-state index is -0.155. The van der Waals surface area contributed by atoms with Crippen LogP contribution in [-0.4, -0.2) is 68.4 Å². The minimum Gasteiger partial charge on any atom is -0.373 e. The first kappa shape index (κ1) is 18.5. The van der Waals surface area contributed by atoms with Crippen molar-refractivity contribution >= 4 is 11.8 Å². The normalized spacial score (nSPS) is 21.3. The molecule has 134 valence electrons. The number of aromatic nitrogens is 1. The first-order valence-corrected chi connectivity index (χ1v) is 8.46. The molecule has 0 bridgehead atoms. The van der Waals surface area contributed by atoms with Gasteiger partial charge in [0.2, 0.25) is 0 Å². The fourth-order valence-electron chi connectivity index (χ4n) is 3.00. The Kier molecular flexibility index (Phi) is 6.81. The number of anilines is 1. The molecule has 24 heavy (non-hydrogen) atoms. The molecular formula is C17H29N5O2. The zero-order valence-electron chi connectivity index (χ0n) is 15.1. The highest BCUT2D eigenvalue weighted by atomic mass is 16.5. The van der Waals surface area contributed by atoms with Crippen molar-refractivity contribution in [2.45, 2.75) is 32.6 Å². The van der Waals surface area contributed by atoms with E-state index in [1.54, 1.807) is 6.20 Å². The van der Waals surface area contributed by atoms with Crippen LogP contribution in [0.1, 0.15) is 19.4 Å². The van der Waals surface area contributed by atoms with Crippen LogP contribution in [0.3, 0.4) is 0 Å². The van der Waals surface area contributed by atoms with Gasteiger partial charge >= 0.3 is 6.03 Å². The Labute approximate surface area is 144 Å². The number of hydrogen-bond acceptors (Lipinski definition) is 5. The lowest BCUT2D eigenvalue weighted by molar-refractivity contribution is -0.0672. The summed E-state index contributed by atoms with van der Waals surface area (Å²) in [7, 11) is 3.88. The van der Waals surface area contributed by atoms with Gasteiger partial charge in [-0.3, -0.25) is 4.90 Å². The second kappa shape index (κ2) is 8.84. The second-order valence-corrected chi connectivity index (χ2v) is 6.51. The predicted octanol–water partition coefficient (Wildman–Crippen LogP) is 1.06. The Hall–Kier alpha value is -1.86. The maximum atomic E-state index is 12.0. The summed E-state index contributed by atoms with van der Waals surface area (Å²) in [6.07, 6.45) is 2.25. The molecule has 2 rings (SSSR count). The Morgan fingerprint density at radius 1 is 1.33 bits per heavy atom. The summed E-state index contributed by atoms with van der Waals surface area (Å²) < 4.78 is 5.71. The molecule has 0 radical (unpaired) electrons. The number of carbonyl (C=O) groups is 1. The molecular weight excluding hydrogens is 306 g/mol. The number of ether oxygens (including phenoxy) is 1. The lowest BCUT2D eigenvalue weighted by atomic mass is 10.2. The molecule has 1 aliphatic rings. The molecule has 1 aliphatic heterocycles. The molecule has 1 saturated heterocycles. The SMILES string of the molecule is CC1CN(CCNC(=O)NCc2cccnc2N(C)C)CC(C)O1. The van der Waals surface area contributed by atoms with E-state index in [2.05, 4.69) is 34.4 Å². The zero-order valence-corrected chi connectivity index (χ0v) is 15.1. The largest absolute Gasteiger partial charge is 0.373 e. The van der Waals surface area contributed by atoms with Gasteiger partial charge in [-0.05, 0) is 19.9 Å². The summed E-state index contributed by atoms with van der Waals surface area (Å²) in [6.45, 7) is 7.90. The predicted molar refractivity (Wildman–Crippen MR) is 95.3 cm³/mol. The highest BCUT2D eigenvalue weighted by molar-refractivity contribution is 5.74. The molecule has 0 aromatic carbocycles. The average molecular weight is 335 g/mol. The summed E-state index contributed by atoms with van der Waals surface area (Å²) in [5.41, 5.74) is 0.994. The van der Waals surface area contributed by atoms with Crippen LogP contribution in [0, 0.1) is 0 Å². The molecule has 1 aromatic heterocycles. The summed E-state index contributed by atoms with van der Waals surface area (Å²) in [5.74, 6) is 0.870. The standard InChI is InChI=1S/C17H29N5O2/c1-13-11-22(12-14(2)24-13)9-8-19-17(23)20-10-15-6-5-7-18-16(15)21(3)4/h5-7,13-14H,8-12H2,1-4H3,(H2,19,20,23). The second-order valence-electron chi connectivity index (χ2n) is 6.51. The maximum Gasteiger partial charge on any atom is 0.315 e. The van der Waals surface area contributed by atoms with Crippen molar-refractivity contribution in [3.05, 3.63) is 23.9 Å². The quantitative estimate of drug-likeness (QED) is 0.813. The van der Waals surface area contributed by atoms with Crippen molar-refractivity contribution in [2.75, 3.05) is 45.2 Å². The van der Waals surface area contributed by atoms with Crippen LogP contribution < -0.4 is 15.5 Å². The van der Waals surface area contributed by atoms with E-state index in [4.69, 9.17) is 4.74 Å². The Morgan fingerprint density at radius 2 is 2.04 bits per heavy atom. The summed E-state index contributed by atoms with van der Waals surface area (Å²) in [5, 5.41) is 5.80. The van der Waals surface area contributed by atoms with Crippen LogP contribution in [0.25, 0.3) is 0 Å². The number of carbonyl (C=O) groups excluding carboxylic acids is 1. The van der Waals surface area contributed by atoms with E-state index in [1.807, 2.05) is 31.1 Å². The van der Waals surface area contributed by atoms with E-state index in [1.165, 1.54) is 0 Å². The van der Waals surface area contributed by atoms with Crippen molar-refractivity contribution in [3.63, 3.8) is 0 Å². The van der Waals surface area contributed by atoms with Crippen LogP contribution >= 0.6 is 0 Å². The van der Waals surface area contributed by atoms with Crippen LogP contribution in [0.5, 0.6) is 0 Å². The van der Waals surface area contributed by atoms with Gasteiger partial charge in [-0.25, -0.2) is 9.78 Å². The van der Waals surface area contributed by atoms with Gasteiger partial charge in [0.1, 0.15) is 5.82 Å². The van der Waals surface area contributed by atoms with Crippen LogP contribution in [0.4, 0.5) is 10.6 Å². The lowest BCUT2D eigenvalue weighted by Crippen LogP contribution is -2.48. The highest BCUT2D eigenvalue weighted by Crippen LogP contribution is 2.13. The van der Waals surface area contributed by atoms with Crippen LogP contribution in [-0.2, 0) is 11.3 Å². The molecule has 2 N–H and O–H groups in total. The number of morpholine rings is 1. The Bertz CT molecular complexity index is 527. The first-order valence-electron chi connectivity index (χ1n) is 8.46. The van der Waals surface area contributed by atoms with E-state index in [9.17, 15) is 4.79 Å². The molecule has 7 heteroatoms. The van der Waals surface area contributed by atoms with Gasteiger partial charge in [0.25, 0.3) is 0 Å². The molecule has 1 aromatic rings. The topological polar surface area (TPSA) is 69.7 Å². The van der Waals surface area contributed by atoms with Gasteiger partial charge in [0.15, 0.2) is 0 Å². The first-order chi connectivity index (χ1) is 11.5. The lowest BCUT2D eigenvalue weighted by Gasteiger charge is -2.35. The number of pyridine rings is 1. The number of amides is 2. The number of rotatable bonds is 6. The number of nitrogens with zero attached hydrogens (tertiary/aromatic N) is 3. The van der Waals surface area contributed by atoms with Gasteiger partial charge in [-0.15, -0.1) is 0 Å². The van der Waals surface area contributed by atoms with Crippen molar-refractivity contribution in [2.24, 2.45) is 0 Å². The van der Waals surface area contributed by atoms with Gasteiger partial charge in [0.05, 0.1) is 12.2 Å². The van der Waals surface area contributed by atoms with Gasteiger partial charge in [-0.2, -0.15) is 0 Å². The van der Waals surface area contributed by atoms with Crippen molar-refractivity contribution in [3.8, 4) is 0 Å². The average Bonchev–Trinajstić information content (AvgIpc) is 2.52. The highest BCUT2D eigenvalue weighted by Gasteiger charge is 2.21. The molecule has 2 unspecified atom stereocenters. The number of nitrogens with one attached hydrogen (secondary N) is 2. The third-order valence-electron chi connectivity index (χ3n) is 3.94. The fourth-order valence-corrected chi connectivity index (χ4v) is 3.00. The molecule has 0 aliphatic carbocycles. The van der Waals surface area contributed by atoms with Crippen molar-refractivity contribution in [1.82, 2.24) is 20.5 Å². The van der Waals surface area contributed by atoms with E-state index in [0.717, 1.165) is 31.0 Å². The van der Waals surface area contributed by atoms with Crippen molar-refractivity contribution in [1.29, 1.82) is 0 Å².